The molecule has 0 bridgehead atoms. The van der Waals surface area contributed by atoms with Crippen LogP contribution in [0, 0.1) is 0 Å². The standard InChI is InChI=1S/C21H23ClN2O5/c1-2-23-20(26)13-29-16-6-4-15(5-7-16)24-19(25)12-14-10-17(22)21-18(11-14)27-8-3-9-28-21/h4-7,10-11H,2-3,8-9,12-13H2,1H3,(H,23,26)(H,24,25). The van der Waals surface area contributed by atoms with Gasteiger partial charge in [0.05, 0.1) is 24.7 Å². The molecule has 2 N–H and O–H groups in total. The van der Waals surface area contributed by atoms with Gasteiger partial charge in [0.2, 0.25) is 5.91 Å². The molecule has 0 fully saturated rings. The van der Waals surface area contributed by atoms with E-state index in [2.05, 4.69) is 10.6 Å². The van der Waals surface area contributed by atoms with Crippen LogP contribution < -0.4 is 24.8 Å². The Labute approximate surface area is 174 Å². The van der Waals surface area contributed by atoms with Gasteiger partial charge in [0, 0.05) is 18.7 Å². The van der Waals surface area contributed by atoms with Gasteiger partial charge in [0.15, 0.2) is 18.1 Å². The molecule has 2 aromatic rings. The van der Waals surface area contributed by atoms with Crippen molar-refractivity contribution in [3.8, 4) is 17.2 Å². The predicted molar refractivity (Wildman–Crippen MR) is 110 cm³/mol. The summed E-state index contributed by atoms with van der Waals surface area (Å²) in [6.45, 7) is 3.45. The summed E-state index contributed by atoms with van der Waals surface area (Å²) in [5, 5.41) is 5.91. The molecule has 2 amide bonds. The number of anilines is 1. The number of hydrogen-bond donors (Lipinski definition) is 2. The molecule has 1 aliphatic heterocycles. The van der Waals surface area contributed by atoms with Gasteiger partial charge in [-0.05, 0) is 48.9 Å². The number of ether oxygens (including phenoxy) is 3. The summed E-state index contributed by atoms with van der Waals surface area (Å²) in [6.07, 6.45) is 0.926. The van der Waals surface area contributed by atoms with Gasteiger partial charge in [-0.15, -0.1) is 0 Å². The zero-order chi connectivity index (χ0) is 20.6. The molecule has 1 aliphatic rings. The molecule has 0 aliphatic carbocycles. The van der Waals surface area contributed by atoms with E-state index in [-0.39, 0.29) is 24.8 Å². The monoisotopic (exact) mass is 418 g/mol. The minimum atomic E-state index is -0.188. The van der Waals surface area contributed by atoms with E-state index in [1.54, 1.807) is 36.4 Å². The molecule has 0 unspecified atom stereocenters. The van der Waals surface area contributed by atoms with Crippen LogP contribution >= 0.6 is 11.6 Å². The topological polar surface area (TPSA) is 85.9 Å². The van der Waals surface area contributed by atoms with Crippen molar-refractivity contribution in [3.05, 3.63) is 47.0 Å². The average Bonchev–Trinajstić information content (AvgIpc) is 2.93. The van der Waals surface area contributed by atoms with Crippen molar-refractivity contribution in [2.24, 2.45) is 0 Å². The Hall–Kier alpha value is -2.93. The molecule has 0 spiro atoms. The summed E-state index contributed by atoms with van der Waals surface area (Å²) >= 11 is 6.27. The number of carbonyl (C=O) groups excluding carboxylic acids is 2. The smallest absolute Gasteiger partial charge is 0.257 e. The van der Waals surface area contributed by atoms with Crippen LogP contribution in [-0.2, 0) is 16.0 Å². The van der Waals surface area contributed by atoms with Crippen molar-refractivity contribution in [2.75, 3.05) is 31.7 Å². The van der Waals surface area contributed by atoms with Crippen LogP contribution in [-0.4, -0.2) is 38.2 Å². The molecular weight excluding hydrogens is 396 g/mol. The highest BCUT2D eigenvalue weighted by atomic mass is 35.5. The van der Waals surface area contributed by atoms with E-state index in [0.29, 0.717) is 47.7 Å². The normalized spacial score (nSPS) is 12.6. The Morgan fingerprint density at radius 1 is 1.10 bits per heavy atom. The lowest BCUT2D eigenvalue weighted by Gasteiger charge is -2.12. The Morgan fingerprint density at radius 2 is 1.86 bits per heavy atom. The maximum absolute atomic E-state index is 12.4. The van der Waals surface area contributed by atoms with Gasteiger partial charge in [-0.1, -0.05) is 11.6 Å². The van der Waals surface area contributed by atoms with Gasteiger partial charge >= 0.3 is 0 Å². The second kappa shape index (κ2) is 10.0. The molecule has 3 rings (SSSR count). The van der Waals surface area contributed by atoms with Crippen molar-refractivity contribution < 1.29 is 23.8 Å². The maximum atomic E-state index is 12.4. The SMILES string of the molecule is CCNC(=O)COc1ccc(NC(=O)Cc2cc(Cl)c3c(c2)OCCCO3)cc1. The molecule has 29 heavy (non-hydrogen) atoms. The second-order valence-corrected chi connectivity index (χ2v) is 6.85. The number of amides is 2. The highest BCUT2D eigenvalue weighted by Crippen LogP contribution is 2.38. The first-order chi connectivity index (χ1) is 14.0. The van der Waals surface area contributed by atoms with Crippen LogP contribution in [0.15, 0.2) is 36.4 Å². The first kappa shape index (κ1) is 20.8. The van der Waals surface area contributed by atoms with Crippen LogP contribution in [0.2, 0.25) is 5.02 Å². The van der Waals surface area contributed by atoms with E-state index in [0.717, 1.165) is 12.0 Å². The van der Waals surface area contributed by atoms with E-state index in [1.807, 2.05) is 6.92 Å². The molecule has 154 valence electrons. The van der Waals surface area contributed by atoms with Gasteiger partial charge in [-0.25, -0.2) is 0 Å². The molecule has 0 atom stereocenters. The number of nitrogens with one attached hydrogen (secondary N) is 2. The number of halogens is 1. The van der Waals surface area contributed by atoms with Gasteiger partial charge in [-0.2, -0.15) is 0 Å². The van der Waals surface area contributed by atoms with Crippen LogP contribution in [0.5, 0.6) is 17.2 Å². The molecule has 0 aromatic heterocycles. The van der Waals surface area contributed by atoms with Gasteiger partial charge in [-0.3, -0.25) is 9.59 Å². The van der Waals surface area contributed by atoms with Crippen molar-refractivity contribution in [2.45, 2.75) is 19.8 Å². The van der Waals surface area contributed by atoms with E-state index in [4.69, 9.17) is 25.8 Å². The minimum absolute atomic E-state index is 0.0512. The molecule has 0 saturated carbocycles. The van der Waals surface area contributed by atoms with Gasteiger partial charge in [0.1, 0.15) is 5.75 Å². The molecule has 1 heterocycles. The van der Waals surface area contributed by atoms with Crippen LogP contribution in [0.25, 0.3) is 0 Å². The Bertz CT molecular complexity index is 870. The number of fused-ring (bicyclic) bond motifs is 1. The van der Waals surface area contributed by atoms with Crippen LogP contribution in [0.1, 0.15) is 18.9 Å². The highest BCUT2D eigenvalue weighted by molar-refractivity contribution is 6.32. The fourth-order valence-electron chi connectivity index (χ4n) is 2.81. The lowest BCUT2D eigenvalue weighted by atomic mass is 10.1. The molecule has 0 saturated heterocycles. The third-order valence-electron chi connectivity index (χ3n) is 4.11. The summed E-state index contributed by atoms with van der Waals surface area (Å²) < 4.78 is 16.6. The summed E-state index contributed by atoms with van der Waals surface area (Å²) in [4.78, 5) is 23.8. The lowest BCUT2D eigenvalue weighted by Crippen LogP contribution is -2.28. The van der Waals surface area contributed by atoms with Gasteiger partial charge in [0.25, 0.3) is 5.91 Å². The number of carbonyl (C=O) groups is 2. The van der Waals surface area contributed by atoms with E-state index in [1.165, 1.54) is 0 Å². The van der Waals surface area contributed by atoms with E-state index < -0.39 is 0 Å². The molecule has 7 nitrogen and oxygen atoms in total. The lowest BCUT2D eigenvalue weighted by molar-refractivity contribution is -0.123. The summed E-state index contributed by atoms with van der Waals surface area (Å²) in [5.74, 6) is 1.26. The fraction of sp³-hybridized carbons (Fsp3) is 0.333. The Balaban J connectivity index is 1.56. The average molecular weight is 419 g/mol. The molecule has 8 heteroatoms. The van der Waals surface area contributed by atoms with Crippen molar-refractivity contribution in [3.63, 3.8) is 0 Å². The van der Waals surface area contributed by atoms with Crippen molar-refractivity contribution in [1.29, 1.82) is 0 Å². The first-order valence-corrected chi connectivity index (χ1v) is 9.80. The quantitative estimate of drug-likeness (QED) is 0.721. The van der Waals surface area contributed by atoms with Crippen molar-refractivity contribution in [1.82, 2.24) is 5.32 Å². The molecule has 0 radical (unpaired) electrons. The van der Waals surface area contributed by atoms with E-state index >= 15 is 0 Å². The largest absolute Gasteiger partial charge is 0.489 e. The highest BCUT2D eigenvalue weighted by Gasteiger charge is 2.17. The summed E-state index contributed by atoms with van der Waals surface area (Å²) in [5.41, 5.74) is 1.36. The zero-order valence-electron chi connectivity index (χ0n) is 16.1. The number of benzene rings is 2. The number of rotatable bonds is 7. The summed E-state index contributed by atoms with van der Waals surface area (Å²) in [7, 11) is 0. The minimum Gasteiger partial charge on any atom is -0.489 e. The zero-order valence-corrected chi connectivity index (χ0v) is 16.9. The first-order valence-electron chi connectivity index (χ1n) is 9.42. The summed E-state index contributed by atoms with van der Waals surface area (Å²) in [6, 6.07) is 10.3. The van der Waals surface area contributed by atoms with Crippen LogP contribution in [0.3, 0.4) is 0 Å². The third kappa shape index (κ3) is 6.02. The molecular formula is C21H23ClN2O5. The van der Waals surface area contributed by atoms with Crippen LogP contribution in [0.4, 0.5) is 5.69 Å². The second-order valence-electron chi connectivity index (χ2n) is 6.45. The van der Waals surface area contributed by atoms with Crippen molar-refractivity contribution >= 4 is 29.1 Å². The number of hydrogen-bond acceptors (Lipinski definition) is 5. The predicted octanol–water partition coefficient (Wildman–Crippen LogP) is 3.20. The number of likely N-dealkylation sites (N-methyl/N-ethyl adjacent to an activating group) is 1. The van der Waals surface area contributed by atoms with E-state index in [9.17, 15) is 9.59 Å². The molecule has 2 aromatic carbocycles. The fourth-order valence-corrected chi connectivity index (χ4v) is 3.10. The van der Waals surface area contributed by atoms with Gasteiger partial charge < -0.3 is 24.8 Å². The third-order valence-corrected chi connectivity index (χ3v) is 4.39. The Kier molecular flexibility index (Phi) is 7.19. The maximum Gasteiger partial charge on any atom is 0.257 e. The Morgan fingerprint density at radius 3 is 2.62 bits per heavy atom.